The van der Waals surface area contributed by atoms with Crippen LogP contribution in [-0.2, 0) is 4.79 Å². The van der Waals surface area contributed by atoms with Gasteiger partial charge in [0.2, 0.25) is 5.91 Å². The summed E-state index contributed by atoms with van der Waals surface area (Å²) in [6, 6.07) is 6.06. The van der Waals surface area contributed by atoms with Gasteiger partial charge >= 0.3 is 0 Å². The number of amides is 1. The van der Waals surface area contributed by atoms with Gasteiger partial charge in [-0.25, -0.2) is 0 Å². The van der Waals surface area contributed by atoms with E-state index in [2.05, 4.69) is 6.07 Å². The molecule has 0 atom stereocenters. The van der Waals surface area contributed by atoms with E-state index >= 15 is 0 Å². The molecule has 1 amide bonds. The normalized spacial score (nSPS) is 17.6. The lowest BCUT2D eigenvalue weighted by Gasteiger charge is -2.35. The lowest BCUT2D eigenvalue weighted by atomic mass is 9.94. The van der Waals surface area contributed by atoms with Crippen molar-refractivity contribution in [2.45, 2.75) is 45.6 Å². The first-order chi connectivity index (χ1) is 9.85. The maximum atomic E-state index is 12.1. The summed E-state index contributed by atoms with van der Waals surface area (Å²) in [4.78, 5) is 13.9. The van der Waals surface area contributed by atoms with Crippen molar-refractivity contribution in [3.63, 3.8) is 0 Å². The van der Waals surface area contributed by atoms with Crippen LogP contribution in [0.3, 0.4) is 0 Å². The summed E-state index contributed by atoms with van der Waals surface area (Å²) in [6.07, 6.45) is 1.68. The van der Waals surface area contributed by atoms with Gasteiger partial charge in [0.15, 0.2) is 0 Å². The topological polar surface area (TPSA) is 49.8 Å². The molecule has 1 aromatic rings. The monoisotopic (exact) mass is 291 g/mol. The minimum Gasteiger partial charge on any atom is -0.493 e. The quantitative estimate of drug-likeness (QED) is 0.927. The van der Waals surface area contributed by atoms with E-state index in [4.69, 9.17) is 4.74 Å². The van der Waals surface area contributed by atoms with E-state index < -0.39 is 5.60 Å². The minimum absolute atomic E-state index is 0.106. The van der Waals surface area contributed by atoms with Crippen LogP contribution < -0.4 is 4.74 Å². The SMILES string of the molecule is Cc1cc(C)cc(OCCC(=O)N2CCC(C)(O)CC2)c1. The van der Waals surface area contributed by atoms with Gasteiger partial charge in [0.05, 0.1) is 18.6 Å². The molecule has 21 heavy (non-hydrogen) atoms. The second kappa shape index (κ2) is 6.48. The van der Waals surface area contributed by atoms with Crippen LogP contribution >= 0.6 is 0 Å². The number of hydrogen-bond acceptors (Lipinski definition) is 3. The molecular formula is C17H25NO3. The van der Waals surface area contributed by atoms with Crippen molar-refractivity contribution in [1.82, 2.24) is 4.90 Å². The number of nitrogens with zero attached hydrogens (tertiary/aromatic N) is 1. The van der Waals surface area contributed by atoms with Crippen LogP contribution in [-0.4, -0.2) is 41.2 Å². The molecule has 0 radical (unpaired) electrons. The average molecular weight is 291 g/mol. The predicted octanol–water partition coefficient (Wildman–Crippen LogP) is 2.45. The lowest BCUT2D eigenvalue weighted by Crippen LogP contribution is -2.45. The highest BCUT2D eigenvalue weighted by Crippen LogP contribution is 2.21. The summed E-state index contributed by atoms with van der Waals surface area (Å²) < 4.78 is 5.67. The highest BCUT2D eigenvalue weighted by molar-refractivity contribution is 5.76. The molecule has 0 unspecified atom stereocenters. The summed E-state index contributed by atoms with van der Waals surface area (Å²) in [6.45, 7) is 7.56. The number of benzene rings is 1. The molecule has 0 saturated carbocycles. The third-order valence-corrected chi connectivity index (χ3v) is 3.97. The van der Waals surface area contributed by atoms with E-state index in [-0.39, 0.29) is 5.91 Å². The number of carbonyl (C=O) groups excluding carboxylic acids is 1. The van der Waals surface area contributed by atoms with Crippen molar-refractivity contribution in [3.8, 4) is 5.75 Å². The Morgan fingerprint density at radius 2 is 1.81 bits per heavy atom. The summed E-state index contributed by atoms with van der Waals surface area (Å²) in [5.74, 6) is 0.928. The maximum Gasteiger partial charge on any atom is 0.226 e. The second-order valence-electron chi connectivity index (χ2n) is 6.30. The fourth-order valence-electron chi connectivity index (χ4n) is 2.67. The molecule has 1 saturated heterocycles. The molecule has 116 valence electrons. The third kappa shape index (κ3) is 4.74. The summed E-state index contributed by atoms with van der Waals surface area (Å²) in [5.41, 5.74) is 1.70. The van der Waals surface area contributed by atoms with Gasteiger partial charge in [-0.2, -0.15) is 0 Å². The fourth-order valence-corrected chi connectivity index (χ4v) is 2.67. The van der Waals surface area contributed by atoms with E-state index in [0.29, 0.717) is 39.0 Å². The Bertz CT molecular complexity index is 481. The summed E-state index contributed by atoms with van der Waals surface area (Å²) in [5, 5.41) is 9.89. The highest BCUT2D eigenvalue weighted by Gasteiger charge is 2.29. The smallest absolute Gasteiger partial charge is 0.226 e. The van der Waals surface area contributed by atoms with Gasteiger partial charge in [-0.1, -0.05) is 6.07 Å². The van der Waals surface area contributed by atoms with Crippen LogP contribution in [0.15, 0.2) is 18.2 Å². The highest BCUT2D eigenvalue weighted by atomic mass is 16.5. The van der Waals surface area contributed by atoms with E-state index in [9.17, 15) is 9.90 Å². The second-order valence-corrected chi connectivity index (χ2v) is 6.30. The Morgan fingerprint density at radius 3 is 2.38 bits per heavy atom. The van der Waals surface area contributed by atoms with Crippen LogP contribution in [0.5, 0.6) is 5.75 Å². The van der Waals surface area contributed by atoms with Crippen molar-refractivity contribution < 1.29 is 14.6 Å². The van der Waals surface area contributed by atoms with Gasteiger partial charge in [0.25, 0.3) is 0 Å². The van der Waals surface area contributed by atoms with Crippen molar-refractivity contribution in [2.75, 3.05) is 19.7 Å². The number of likely N-dealkylation sites (tertiary alicyclic amines) is 1. The number of aryl methyl sites for hydroxylation is 2. The van der Waals surface area contributed by atoms with Gasteiger partial charge in [-0.15, -0.1) is 0 Å². The molecule has 0 aromatic heterocycles. The molecule has 0 aliphatic carbocycles. The summed E-state index contributed by atoms with van der Waals surface area (Å²) >= 11 is 0. The predicted molar refractivity (Wildman–Crippen MR) is 82.5 cm³/mol. The van der Waals surface area contributed by atoms with E-state index in [0.717, 1.165) is 16.9 Å². The molecule has 4 heteroatoms. The molecule has 0 spiro atoms. The Labute approximate surface area is 126 Å². The maximum absolute atomic E-state index is 12.1. The molecule has 1 aliphatic heterocycles. The standard InChI is InChI=1S/C17H25NO3/c1-13-10-14(2)12-15(11-13)21-9-4-16(19)18-7-5-17(3,20)6-8-18/h10-12,20H,4-9H2,1-3H3. The Morgan fingerprint density at radius 1 is 1.24 bits per heavy atom. The molecule has 4 nitrogen and oxygen atoms in total. The zero-order valence-corrected chi connectivity index (χ0v) is 13.2. The first-order valence-electron chi connectivity index (χ1n) is 7.57. The molecule has 1 aromatic carbocycles. The van der Waals surface area contributed by atoms with Gasteiger partial charge in [0.1, 0.15) is 5.75 Å². The zero-order valence-electron chi connectivity index (χ0n) is 13.2. The largest absolute Gasteiger partial charge is 0.493 e. The first kappa shape index (κ1) is 15.8. The number of aliphatic hydroxyl groups is 1. The van der Waals surface area contributed by atoms with Crippen LogP contribution in [0.1, 0.15) is 37.3 Å². The number of hydrogen-bond donors (Lipinski definition) is 1. The molecule has 0 bridgehead atoms. The van der Waals surface area contributed by atoms with Crippen molar-refractivity contribution in [1.29, 1.82) is 0 Å². The Hall–Kier alpha value is -1.55. The zero-order chi connectivity index (χ0) is 15.5. The third-order valence-electron chi connectivity index (χ3n) is 3.97. The molecule has 1 aliphatic rings. The number of piperidine rings is 1. The Balaban J connectivity index is 1.77. The first-order valence-corrected chi connectivity index (χ1v) is 7.57. The van der Waals surface area contributed by atoms with Gasteiger partial charge in [-0.3, -0.25) is 4.79 Å². The molecular weight excluding hydrogens is 266 g/mol. The van der Waals surface area contributed by atoms with Gasteiger partial charge < -0.3 is 14.7 Å². The van der Waals surface area contributed by atoms with Crippen LogP contribution in [0, 0.1) is 13.8 Å². The van der Waals surface area contributed by atoms with Crippen molar-refractivity contribution >= 4 is 5.91 Å². The number of carbonyl (C=O) groups is 1. The van der Waals surface area contributed by atoms with Crippen LogP contribution in [0.2, 0.25) is 0 Å². The fraction of sp³-hybridized carbons (Fsp3) is 0.588. The molecule has 1 heterocycles. The average Bonchev–Trinajstić information content (AvgIpc) is 2.37. The van der Waals surface area contributed by atoms with Crippen molar-refractivity contribution in [3.05, 3.63) is 29.3 Å². The van der Waals surface area contributed by atoms with Crippen LogP contribution in [0.25, 0.3) is 0 Å². The van der Waals surface area contributed by atoms with Gasteiger partial charge in [0, 0.05) is 13.1 Å². The van der Waals surface area contributed by atoms with E-state index in [1.54, 1.807) is 0 Å². The molecule has 1 fully saturated rings. The number of rotatable bonds is 4. The summed E-state index contributed by atoms with van der Waals surface area (Å²) in [7, 11) is 0. The minimum atomic E-state index is -0.619. The Kier molecular flexibility index (Phi) is 4.88. The molecule has 1 N–H and O–H groups in total. The van der Waals surface area contributed by atoms with Crippen molar-refractivity contribution in [2.24, 2.45) is 0 Å². The lowest BCUT2D eigenvalue weighted by molar-refractivity contribution is -0.135. The molecule has 2 rings (SSSR count). The van der Waals surface area contributed by atoms with Crippen LogP contribution in [0.4, 0.5) is 0 Å². The van der Waals surface area contributed by atoms with E-state index in [1.807, 2.05) is 37.8 Å². The number of ether oxygens (including phenoxy) is 1. The van der Waals surface area contributed by atoms with E-state index in [1.165, 1.54) is 0 Å². The van der Waals surface area contributed by atoms with Gasteiger partial charge in [-0.05, 0) is 56.9 Å².